The van der Waals surface area contributed by atoms with Crippen LogP contribution in [0.2, 0.25) is 0 Å². The van der Waals surface area contributed by atoms with Crippen LogP contribution in [0.25, 0.3) is 0 Å². The molecular formula is C48H60N6O7. The Bertz CT molecular complexity index is 2070. The van der Waals surface area contributed by atoms with Gasteiger partial charge in [-0.05, 0) is 80.0 Å². The molecule has 2 saturated heterocycles. The lowest BCUT2D eigenvalue weighted by molar-refractivity contribution is -0.136. The Morgan fingerprint density at radius 2 is 1.56 bits per heavy atom. The number of fused-ring (bicyclic) bond motifs is 1. The number of piperidine rings is 1. The van der Waals surface area contributed by atoms with Crippen molar-refractivity contribution >= 4 is 46.7 Å². The highest BCUT2D eigenvalue weighted by Gasteiger charge is 2.45. The number of anilines is 2. The molecule has 3 aliphatic heterocycles. The number of nitrogens with zero attached hydrogens (tertiary/aromatic N) is 2. The van der Waals surface area contributed by atoms with Crippen molar-refractivity contribution < 1.29 is 33.9 Å². The summed E-state index contributed by atoms with van der Waals surface area (Å²) in [6.45, 7) is 5.20. The maximum Gasteiger partial charge on any atom is 0.264 e. The second-order valence-corrected chi connectivity index (χ2v) is 16.6. The SMILES string of the molecule is C[C@@H]1C[C@@H](CN/C=C/C(=O)c2ccccc2O)N(c2ccc(CCNC(=O)CCCCCCCCCCCNc3cccc4c3C(=O)N(C3CCC(=O)NC3=O)C4=O)cc2)C1. The number of nitrogens with one attached hydrogen (secondary N) is 4. The maximum atomic E-state index is 13.3. The largest absolute Gasteiger partial charge is 0.507 e. The number of rotatable bonds is 23. The van der Waals surface area contributed by atoms with Gasteiger partial charge in [-0.1, -0.05) is 82.2 Å². The quantitative estimate of drug-likeness (QED) is 0.0300. The first kappa shape index (κ1) is 44.6. The fourth-order valence-corrected chi connectivity index (χ4v) is 8.59. The molecule has 324 valence electrons. The highest BCUT2D eigenvalue weighted by Crippen LogP contribution is 2.33. The van der Waals surface area contributed by atoms with E-state index in [0.29, 0.717) is 49.3 Å². The summed E-state index contributed by atoms with van der Waals surface area (Å²) < 4.78 is 0. The van der Waals surface area contributed by atoms with E-state index in [2.05, 4.69) is 57.4 Å². The number of ketones is 1. The fraction of sp³-hybridized carbons (Fsp3) is 0.458. The molecule has 3 aliphatic rings. The third kappa shape index (κ3) is 12.1. The molecule has 0 aliphatic carbocycles. The standard InChI is InChI=1S/C48H60N6O7/c1-33-30-36(31-49-28-26-42(56)37-14-10-11-17-41(37)55)53(32-33)35-21-19-34(20-22-35)25-29-51-43(57)18-9-7-5-3-2-4-6-8-12-27-50-39-16-13-15-38-45(39)48(61)54(47(38)60)40-23-24-44(58)52-46(40)59/h10-11,13-17,19-22,26,28,33,36,40,49-50,55H,2-9,12,18,23-25,27,29-32H2,1H3,(H,51,57)(H,52,58,59)/b28-26+/t33-,36+,40?/m1/s1. The van der Waals surface area contributed by atoms with Gasteiger partial charge in [0.15, 0.2) is 5.78 Å². The molecule has 3 heterocycles. The molecule has 3 aromatic carbocycles. The van der Waals surface area contributed by atoms with Gasteiger partial charge < -0.3 is 26.0 Å². The number of unbranched alkanes of at least 4 members (excludes halogenated alkanes) is 8. The van der Waals surface area contributed by atoms with Gasteiger partial charge in [-0.25, -0.2) is 0 Å². The summed E-state index contributed by atoms with van der Waals surface area (Å²) in [7, 11) is 0. The zero-order valence-electron chi connectivity index (χ0n) is 35.3. The van der Waals surface area contributed by atoms with E-state index in [1.807, 2.05) is 0 Å². The molecule has 3 atom stereocenters. The summed E-state index contributed by atoms with van der Waals surface area (Å²) in [5.41, 5.74) is 3.79. The summed E-state index contributed by atoms with van der Waals surface area (Å²) in [4.78, 5) is 78.6. The molecule has 3 aromatic rings. The summed E-state index contributed by atoms with van der Waals surface area (Å²) in [5.74, 6) is -1.62. The summed E-state index contributed by atoms with van der Waals surface area (Å²) in [5, 5.41) is 21.8. The smallest absolute Gasteiger partial charge is 0.264 e. The number of para-hydroxylation sites is 1. The van der Waals surface area contributed by atoms with E-state index in [-0.39, 0.29) is 41.4 Å². The third-order valence-electron chi connectivity index (χ3n) is 11.9. The molecular weight excluding hydrogens is 773 g/mol. The van der Waals surface area contributed by atoms with E-state index >= 15 is 0 Å². The molecule has 13 nitrogen and oxygen atoms in total. The number of allylic oxidation sites excluding steroid dienone is 1. The van der Waals surface area contributed by atoms with Crippen LogP contribution < -0.4 is 26.2 Å². The Balaban J connectivity index is 0.776. The molecule has 2 fully saturated rings. The Kier molecular flexibility index (Phi) is 16.1. The van der Waals surface area contributed by atoms with Gasteiger partial charge in [-0.3, -0.25) is 39.0 Å². The molecule has 0 radical (unpaired) electrons. The summed E-state index contributed by atoms with van der Waals surface area (Å²) in [6.07, 6.45) is 15.3. The second-order valence-electron chi connectivity index (χ2n) is 16.6. The first-order valence-electron chi connectivity index (χ1n) is 22.0. The number of carbonyl (C=O) groups is 6. The van der Waals surface area contributed by atoms with Crippen LogP contribution in [0.4, 0.5) is 11.4 Å². The molecule has 5 N–H and O–H groups in total. The van der Waals surface area contributed by atoms with E-state index < -0.39 is 29.7 Å². The monoisotopic (exact) mass is 832 g/mol. The highest BCUT2D eigenvalue weighted by molar-refractivity contribution is 6.25. The zero-order valence-corrected chi connectivity index (χ0v) is 35.3. The van der Waals surface area contributed by atoms with Gasteiger partial charge in [0.25, 0.3) is 11.8 Å². The fourth-order valence-electron chi connectivity index (χ4n) is 8.59. The first-order chi connectivity index (χ1) is 29.6. The lowest BCUT2D eigenvalue weighted by Gasteiger charge is -2.27. The normalized spacial score (nSPS) is 18.7. The average Bonchev–Trinajstić information content (AvgIpc) is 3.75. The van der Waals surface area contributed by atoms with Crippen LogP contribution in [-0.2, 0) is 20.8 Å². The van der Waals surface area contributed by atoms with E-state index in [1.54, 1.807) is 42.6 Å². The molecule has 0 spiro atoms. The van der Waals surface area contributed by atoms with E-state index in [0.717, 1.165) is 82.1 Å². The van der Waals surface area contributed by atoms with Crippen molar-refractivity contribution in [2.24, 2.45) is 5.92 Å². The lowest BCUT2D eigenvalue weighted by atomic mass is 10.0. The molecule has 1 unspecified atom stereocenters. The second kappa shape index (κ2) is 22.0. The van der Waals surface area contributed by atoms with Crippen LogP contribution in [0.15, 0.2) is 79.0 Å². The van der Waals surface area contributed by atoms with E-state index in [4.69, 9.17) is 0 Å². The minimum Gasteiger partial charge on any atom is -0.507 e. The number of phenols is 1. The highest BCUT2D eigenvalue weighted by atomic mass is 16.3. The summed E-state index contributed by atoms with van der Waals surface area (Å²) >= 11 is 0. The number of aromatic hydroxyl groups is 1. The van der Waals surface area contributed by atoms with Gasteiger partial charge in [0.05, 0.1) is 16.7 Å². The molecule has 5 amide bonds. The van der Waals surface area contributed by atoms with Gasteiger partial charge in [-0.2, -0.15) is 0 Å². The van der Waals surface area contributed by atoms with Gasteiger partial charge >= 0.3 is 0 Å². The minimum atomic E-state index is -0.977. The predicted octanol–water partition coefficient (Wildman–Crippen LogP) is 6.67. The van der Waals surface area contributed by atoms with Crippen molar-refractivity contribution in [3.8, 4) is 5.75 Å². The number of amides is 5. The Morgan fingerprint density at radius 3 is 2.30 bits per heavy atom. The van der Waals surface area contributed by atoms with Crippen LogP contribution >= 0.6 is 0 Å². The third-order valence-corrected chi connectivity index (χ3v) is 11.9. The van der Waals surface area contributed by atoms with E-state index in [9.17, 15) is 33.9 Å². The van der Waals surface area contributed by atoms with Crippen molar-refractivity contribution in [2.45, 2.75) is 109 Å². The number of imide groups is 2. The predicted molar refractivity (Wildman–Crippen MR) is 235 cm³/mol. The van der Waals surface area contributed by atoms with Gasteiger partial charge in [0.2, 0.25) is 17.7 Å². The van der Waals surface area contributed by atoms with Gasteiger partial charge in [0, 0.05) is 68.7 Å². The Labute approximate surface area is 358 Å². The van der Waals surface area contributed by atoms with Crippen molar-refractivity contribution in [1.82, 2.24) is 20.9 Å². The Hall–Kier alpha value is -5.98. The van der Waals surface area contributed by atoms with Gasteiger partial charge in [0.1, 0.15) is 11.8 Å². The van der Waals surface area contributed by atoms with E-state index in [1.165, 1.54) is 23.4 Å². The average molecular weight is 833 g/mol. The number of hydrogen-bond donors (Lipinski definition) is 5. The maximum absolute atomic E-state index is 13.3. The minimum absolute atomic E-state index is 0.0210. The summed E-state index contributed by atoms with van der Waals surface area (Å²) in [6, 6.07) is 19.6. The van der Waals surface area contributed by atoms with Crippen LogP contribution in [0.5, 0.6) is 5.75 Å². The first-order valence-corrected chi connectivity index (χ1v) is 22.0. The molecule has 6 rings (SSSR count). The van der Waals surface area contributed by atoms with Gasteiger partial charge in [-0.15, -0.1) is 0 Å². The molecule has 61 heavy (non-hydrogen) atoms. The van der Waals surface area contributed by atoms with Crippen molar-refractivity contribution in [3.63, 3.8) is 0 Å². The van der Waals surface area contributed by atoms with Crippen LogP contribution in [0, 0.1) is 5.92 Å². The number of carbonyl (C=O) groups excluding carboxylic acids is 6. The van der Waals surface area contributed by atoms with Crippen molar-refractivity contribution in [1.29, 1.82) is 0 Å². The zero-order chi connectivity index (χ0) is 43.1. The molecule has 0 aromatic heterocycles. The molecule has 0 saturated carbocycles. The van der Waals surface area contributed by atoms with Crippen LogP contribution in [-0.4, -0.2) is 83.6 Å². The number of benzene rings is 3. The van der Waals surface area contributed by atoms with Crippen LogP contribution in [0.1, 0.15) is 127 Å². The van der Waals surface area contributed by atoms with Crippen LogP contribution in [0.3, 0.4) is 0 Å². The van der Waals surface area contributed by atoms with Crippen molar-refractivity contribution in [2.75, 3.05) is 36.4 Å². The van der Waals surface area contributed by atoms with Crippen molar-refractivity contribution in [3.05, 3.63) is 101 Å². The lowest BCUT2D eigenvalue weighted by Crippen LogP contribution is -2.54. The number of phenolic OH excluding ortho intramolecular Hbond substituents is 1. The Morgan fingerprint density at radius 1 is 0.836 bits per heavy atom. The number of hydrogen-bond acceptors (Lipinski definition) is 10. The topological polar surface area (TPSA) is 177 Å². The molecule has 13 heteroatoms. The molecule has 0 bridgehead atoms.